The van der Waals surface area contributed by atoms with Crippen LogP contribution in [0.4, 0.5) is 0 Å². The highest BCUT2D eigenvalue weighted by atomic mass is 79.9. The minimum Gasteiger partial charge on any atom is -0.274 e. The summed E-state index contributed by atoms with van der Waals surface area (Å²) in [6.07, 6.45) is 3.34. The number of hydrogen-bond donors (Lipinski definition) is 0. The van der Waals surface area contributed by atoms with Crippen molar-refractivity contribution in [3.63, 3.8) is 0 Å². The smallest absolute Gasteiger partial charge is 0.130 e. The molecular weight excluding hydrogens is 230 g/mol. The van der Waals surface area contributed by atoms with E-state index in [1.165, 1.54) is 0 Å². The average Bonchev–Trinajstić information content (AvgIpc) is 2.32. The summed E-state index contributed by atoms with van der Waals surface area (Å²) in [6.45, 7) is 8.79. The van der Waals surface area contributed by atoms with Gasteiger partial charge in [-0.05, 0) is 26.2 Å². The summed E-state index contributed by atoms with van der Waals surface area (Å²) in [5, 5.41) is 6.47. The molecule has 13 heavy (non-hydrogen) atoms. The number of hydrogen-bond acceptors (Lipinski definition) is 3. The highest BCUT2D eigenvalue weighted by molar-refractivity contribution is 9.07. The lowest BCUT2D eigenvalue weighted by Gasteiger charge is -2.30. The van der Waals surface area contributed by atoms with Gasteiger partial charge in [-0.3, -0.25) is 8.93 Å². The van der Waals surface area contributed by atoms with E-state index in [4.69, 9.17) is 0 Å². The minimum atomic E-state index is 0.375. The van der Waals surface area contributed by atoms with Gasteiger partial charge in [-0.15, -0.1) is 0 Å². The Kier molecular flexibility index (Phi) is 3.59. The van der Waals surface area contributed by atoms with E-state index in [1.54, 1.807) is 0 Å². The first-order valence-corrected chi connectivity index (χ1v) is 5.50. The third-order valence-electron chi connectivity index (χ3n) is 2.10. The normalized spacial score (nSPS) is 22.5. The van der Waals surface area contributed by atoms with Gasteiger partial charge in [-0.1, -0.05) is 13.8 Å². The molecule has 3 nitrogen and oxygen atoms in total. The predicted octanol–water partition coefficient (Wildman–Crippen LogP) is 2.64. The molecule has 0 saturated carbocycles. The van der Waals surface area contributed by atoms with E-state index < -0.39 is 0 Å². The van der Waals surface area contributed by atoms with Crippen molar-refractivity contribution < 1.29 is 0 Å². The van der Waals surface area contributed by atoms with E-state index in [0.717, 1.165) is 6.42 Å². The second-order valence-electron chi connectivity index (χ2n) is 4.16. The lowest BCUT2D eigenvalue weighted by atomic mass is 10.1. The first-order chi connectivity index (χ1) is 6.02. The van der Waals surface area contributed by atoms with E-state index in [9.17, 15) is 0 Å². The molecule has 0 bridgehead atoms. The van der Waals surface area contributed by atoms with Gasteiger partial charge in [0.15, 0.2) is 0 Å². The van der Waals surface area contributed by atoms with Crippen LogP contribution in [0.25, 0.3) is 0 Å². The van der Waals surface area contributed by atoms with Gasteiger partial charge in [0.1, 0.15) is 12.5 Å². The Hall–Kier alpha value is -0.250. The molecule has 1 aliphatic rings. The lowest BCUT2D eigenvalue weighted by Crippen LogP contribution is -2.39. The summed E-state index contributed by atoms with van der Waals surface area (Å²) in [6, 6.07) is 0.461. The number of halogens is 1. The van der Waals surface area contributed by atoms with Crippen molar-refractivity contribution in [2.75, 3.05) is 0 Å². The van der Waals surface area contributed by atoms with Crippen LogP contribution in [0, 0.1) is 5.92 Å². The number of nitrogens with zero attached hydrogens (tertiary/aromatic N) is 3. The maximum atomic E-state index is 4.34. The lowest BCUT2D eigenvalue weighted by molar-refractivity contribution is 0.122. The van der Waals surface area contributed by atoms with Crippen molar-refractivity contribution in [3.05, 3.63) is 0 Å². The topological polar surface area (TPSA) is 18.8 Å². The monoisotopic (exact) mass is 247 g/mol. The Bertz CT molecular complexity index is 191. The summed E-state index contributed by atoms with van der Waals surface area (Å²) in [7, 11) is 0. The number of hydrazone groups is 1. The SMILES string of the molecule is CC(C)CC1N(Br)C=NN1C(C)C. The zero-order valence-electron chi connectivity index (χ0n) is 8.74. The molecule has 0 aromatic rings. The van der Waals surface area contributed by atoms with E-state index >= 15 is 0 Å². The van der Waals surface area contributed by atoms with Crippen LogP contribution in [0.1, 0.15) is 34.1 Å². The first-order valence-electron chi connectivity index (χ1n) is 4.79. The Morgan fingerprint density at radius 2 is 2.00 bits per heavy atom. The molecule has 1 aliphatic heterocycles. The van der Waals surface area contributed by atoms with Crippen LogP contribution in [0.15, 0.2) is 5.10 Å². The summed E-state index contributed by atoms with van der Waals surface area (Å²) in [5.41, 5.74) is 0. The first kappa shape index (κ1) is 10.8. The zero-order chi connectivity index (χ0) is 10.0. The average molecular weight is 248 g/mol. The maximum Gasteiger partial charge on any atom is 0.130 e. The maximum absolute atomic E-state index is 4.34. The van der Waals surface area contributed by atoms with E-state index in [-0.39, 0.29) is 0 Å². The molecule has 0 N–H and O–H groups in total. The van der Waals surface area contributed by atoms with Gasteiger partial charge in [-0.2, -0.15) is 5.10 Å². The van der Waals surface area contributed by atoms with Crippen LogP contribution >= 0.6 is 16.1 Å². The van der Waals surface area contributed by atoms with Gasteiger partial charge in [0, 0.05) is 6.04 Å². The molecule has 1 atom stereocenters. The third kappa shape index (κ3) is 2.59. The Labute approximate surface area is 89.1 Å². The summed E-state index contributed by atoms with van der Waals surface area (Å²) in [4.78, 5) is 0. The van der Waals surface area contributed by atoms with E-state index in [2.05, 4.69) is 54.0 Å². The van der Waals surface area contributed by atoms with E-state index in [1.807, 2.05) is 10.3 Å². The molecule has 0 spiro atoms. The molecule has 4 heteroatoms. The van der Waals surface area contributed by atoms with Crippen LogP contribution in [0.5, 0.6) is 0 Å². The number of rotatable bonds is 3. The molecule has 0 aromatic carbocycles. The quantitative estimate of drug-likeness (QED) is 0.715. The molecule has 1 heterocycles. The van der Waals surface area contributed by atoms with Gasteiger partial charge >= 0.3 is 0 Å². The molecule has 0 aliphatic carbocycles. The predicted molar refractivity (Wildman–Crippen MR) is 59.5 cm³/mol. The standard InChI is InChI=1S/C9H18BrN3/c1-7(2)5-9-12(10)6-11-13(9)8(3)4/h6-9H,5H2,1-4H3. The fraction of sp³-hybridized carbons (Fsp3) is 0.889. The fourth-order valence-corrected chi connectivity index (χ4v) is 1.92. The van der Waals surface area contributed by atoms with Crippen LogP contribution in [0.2, 0.25) is 0 Å². The molecule has 1 rings (SSSR count). The van der Waals surface area contributed by atoms with Crippen LogP contribution in [0.3, 0.4) is 0 Å². The molecule has 0 radical (unpaired) electrons. The summed E-state index contributed by atoms with van der Waals surface area (Å²) in [5.74, 6) is 0.688. The van der Waals surface area contributed by atoms with Gasteiger partial charge in [0.2, 0.25) is 0 Å². The van der Waals surface area contributed by atoms with Crippen molar-refractivity contribution in [3.8, 4) is 0 Å². The minimum absolute atomic E-state index is 0.375. The molecular formula is C9H18BrN3. The van der Waals surface area contributed by atoms with Crippen molar-refractivity contribution >= 4 is 22.5 Å². The van der Waals surface area contributed by atoms with Crippen LogP contribution in [-0.2, 0) is 0 Å². The highest BCUT2D eigenvalue weighted by Gasteiger charge is 2.28. The van der Waals surface area contributed by atoms with Crippen molar-refractivity contribution in [2.45, 2.75) is 46.3 Å². The van der Waals surface area contributed by atoms with Crippen molar-refractivity contribution in [1.29, 1.82) is 0 Å². The molecule has 0 fully saturated rings. The fourth-order valence-electron chi connectivity index (χ4n) is 1.48. The molecule has 0 amide bonds. The molecule has 1 unspecified atom stereocenters. The van der Waals surface area contributed by atoms with Gasteiger partial charge in [0.05, 0.1) is 16.1 Å². The highest BCUT2D eigenvalue weighted by Crippen LogP contribution is 2.24. The summed E-state index contributed by atoms with van der Waals surface area (Å²) < 4.78 is 2.01. The Morgan fingerprint density at radius 1 is 1.38 bits per heavy atom. The summed E-state index contributed by atoms with van der Waals surface area (Å²) >= 11 is 3.48. The Balaban J connectivity index is 2.59. The third-order valence-corrected chi connectivity index (χ3v) is 2.75. The van der Waals surface area contributed by atoms with Gasteiger partial charge in [0.25, 0.3) is 0 Å². The van der Waals surface area contributed by atoms with Crippen molar-refractivity contribution in [1.82, 2.24) is 8.93 Å². The van der Waals surface area contributed by atoms with E-state index in [0.29, 0.717) is 18.1 Å². The molecule has 0 aromatic heterocycles. The zero-order valence-corrected chi connectivity index (χ0v) is 10.3. The Morgan fingerprint density at radius 3 is 2.46 bits per heavy atom. The molecule has 0 saturated heterocycles. The second-order valence-corrected chi connectivity index (χ2v) is 4.98. The van der Waals surface area contributed by atoms with Gasteiger partial charge in [-0.25, -0.2) is 0 Å². The van der Waals surface area contributed by atoms with Gasteiger partial charge < -0.3 is 0 Å². The molecule has 76 valence electrons. The van der Waals surface area contributed by atoms with Crippen molar-refractivity contribution in [2.24, 2.45) is 11.0 Å². The van der Waals surface area contributed by atoms with Crippen LogP contribution in [-0.4, -0.2) is 27.5 Å². The van der Waals surface area contributed by atoms with Crippen LogP contribution < -0.4 is 0 Å². The largest absolute Gasteiger partial charge is 0.274 e. The second kappa shape index (κ2) is 4.31.